The van der Waals surface area contributed by atoms with Gasteiger partial charge in [0.1, 0.15) is 0 Å². The Bertz CT molecular complexity index is 395. The number of anilines is 1. The highest BCUT2D eigenvalue weighted by Crippen LogP contribution is 2.24. The molecule has 0 aliphatic heterocycles. The van der Waals surface area contributed by atoms with Gasteiger partial charge in [-0.2, -0.15) is 0 Å². The summed E-state index contributed by atoms with van der Waals surface area (Å²) >= 11 is 0. The number of nitrogens with one attached hydrogen (secondary N) is 1. The molecule has 0 fully saturated rings. The van der Waals surface area contributed by atoms with Gasteiger partial charge in [-0.05, 0) is 33.0 Å². The summed E-state index contributed by atoms with van der Waals surface area (Å²) in [5.41, 5.74) is 0.841. The summed E-state index contributed by atoms with van der Waals surface area (Å²) in [7, 11) is 3.71. The molecule has 1 aromatic heterocycles. The lowest BCUT2D eigenvalue weighted by Crippen LogP contribution is -2.24. The molecule has 17 heavy (non-hydrogen) atoms. The van der Waals surface area contributed by atoms with Crippen LogP contribution in [0.1, 0.15) is 12.1 Å². The Labute approximate surface area is 101 Å². The molecule has 1 rings (SSSR count). The quantitative estimate of drug-likeness (QED) is 0.460. The molecule has 0 atom stereocenters. The van der Waals surface area contributed by atoms with E-state index in [0.29, 0.717) is 5.82 Å². The molecule has 6 nitrogen and oxygen atoms in total. The zero-order valence-corrected chi connectivity index (χ0v) is 10.4. The number of pyridine rings is 1. The Hall–Kier alpha value is -1.69. The molecule has 0 aliphatic rings. The maximum Gasteiger partial charge on any atom is 0.311 e. The zero-order valence-electron chi connectivity index (χ0n) is 10.4. The van der Waals surface area contributed by atoms with Crippen LogP contribution in [0.5, 0.6) is 0 Å². The molecule has 0 unspecified atom stereocenters. The van der Waals surface area contributed by atoms with Crippen LogP contribution in [0.15, 0.2) is 12.1 Å². The van der Waals surface area contributed by atoms with Crippen molar-refractivity contribution in [1.29, 1.82) is 0 Å². The van der Waals surface area contributed by atoms with Crippen LogP contribution in [0.4, 0.5) is 11.5 Å². The van der Waals surface area contributed by atoms with E-state index in [9.17, 15) is 10.1 Å². The van der Waals surface area contributed by atoms with E-state index in [4.69, 9.17) is 0 Å². The molecule has 1 N–H and O–H groups in total. The zero-order chi connectivity index (χ0) is 12.8. The van der Waals surface area contributed by atoms with Crippen molar-refractivity contribution in [3.05, 3.63) is 27.9 Å². The Morgan fingerprint density at radius 3 is 2.82 bits per heavy atom. The molecule has 0 bridgehead atoms. The molecule has 0 aliphatic carbocycles. The van der Waals surface area contributed by atoms with Gasteiger partial charge >= 0.3 is 5.69 Å². The third kappa shape index (κ3) is 3.67. The van der Waals surface area contributed by atoms with Gasteiger partial charge in [-0.3, -0.25) is 10.1 Å². The van der Waals surface area contributed by atoms with Crippen LogP contribution in [0.3, 0.4) is 0 Å². The van der Waals surface area contributed by atoms with Crippen molar-refractivity contribution in [3.8, 4) is 0 Å². The minimum Gasteiger partial charge on any atom is -0.354 e. The summed E-state index contributed by atoms with van der Waals surface area (Å²) in [5, 5.41) is 13.9. The lowest BCUT2D eigenvalue weighted by molar-refractivity contribution is -0.384. The van der Waals surface area contributed by atoms with E-state index in [1.54, 1.807) is 6.07 Å². The van der Waals surface area contributed by atoms with E-state index < -0.39 is 4.92 Å². The first-order valence-electron chi connectivity index (χ1n) is 5.54. The second-order valence-electron chi connectivity index (χ2n) is 3.93. The molecule has 1 heterocycles. The van der Waals surface area contributed by atoms with Gasteiger partial charge in [0, 0.05) is 25.4 Å². The van der Waals surface area contributed by atoms with E-state index in [2.05, 4.69) is 10.3 Å². The Balaban J connectivity index is 2.86. The average Bonchev–Trinajstić information content (AvgIpc) is 2.28. The summed E-state index contributed by atoms with van der Waals surface area (Å²) in [6.45, 7) is 3.44. The van der Waals surface area contributed by atoms with Crippen molar-refractivity contribution in [2.45, 2.75) is 13.3 Å². The van der Waals surface area contributed by atoms with E-state index >= 15 is 0 Å². The number of hydrogen-bond acceptors (Lipinski definition) is 5. The van der Waals surface area contributed by atoms with E-state index in [1.165, 1.54) is 6.07 Å². The standard InChI is InChI=1S/C11H18N4O2/c1-9-5-6-10(15(16)17)11(13-9)14(3)8-4-7-12-2/h5-6,12H,4,7-8H2,1-3H3. The van der Waals surface area contributed by atoms with Gasteiger partial charge in [0.15, 0.2) is 0 Å². The van der Waals surface area contributed by atoms with Crippen molar-refractivity contribution in [2.24, 2.45) is 0 Å². The van der Waals surface area contributed by atoms with Crippen LogP contribution in [0.2, 0.25) is 0 Å². The number of nitro groups is 1. The fourth-order valence-electron chi connectivity index (χ4n) is 1.56. The fraction of sp³-hybridized carbons (Fsp3) is 0.545. The van der Waals surface area contributed by atoms with Crippen molar-refractivity contribution >= 4 is 11.5 Å². The summed E-state index contributed by atoms with van der Waals surface area (Å²) in [5.74, 6) is 0.436. The number of nitrogens with zero attached hydrogens (tertiary/aromatic N) is 3. The Kier molecular flexibility index (Phi) is 4.84. The average molecular weight is 238 g/mol. The minimum absolute atomic E-state index is 0.0579. The molecule has 0 saturated carbocycles. The molecule has 94 valence electrons. The number of rotatable bonds is 6. The molecule has 1 aromatic rings. The lowest BCUT2D eigenvalue weighted by Gasteiger charge is -2.18. The monoisotopic (exact) mass is 238 g/mol. The largest absolute Gasteiger partial charge is 0.354 e. The normalized spacial score (nSPS) is 10.3. The predicted molar refractivity (Wildman–Crippen MR) is 67.4 cm³/mol. The molecule has 0 aromatic carbocycles. The van der Waals surface area contributed by atoms with Crippen LogP contribution in [0.25, 0.3) is 0 Å². The maximum absolute atomic E-state index is 10.9. The third-order valence-electron chi connectivity index (χ3n) is 2.47. The van der Waals surface area contributed by atoms with E-state index in [-0.39, 0.29) is 5.69 Å². The molecular weight excluding hydrogens is 220 g/mol. The summed E-state index contributed by atoms with van der Waals surface area (Å²) < 4.78 is 0. The van der Waals surface area contributed by atoms with Crippen LogP contribution < -0.4 is 10.2 Å². The van der Waals surface area contributed by atoms with Crippen molar-refractivity contribution in [3.63, 3.8) is 0 Å². The van der Waals surface area contributed by atoms with Crippen LogP contribution in [-0.4, -0.2) is 37.1 Å². The van der Waals surface area contributed by atoms with Crippen molar-refractivity contribution in [2.75, 3.05) is 32.1 Å². The minimum atomic E-state index is -0.393. The summed E-state index contributed by atoms with van der Waals surface area (Å²) in [6.07, 6.45) is 0.916. The molecular formula is C11H18N4O2. The highest BCUT2D eigenvalue weighted by atomic mass is 16.6. The summed E-state index contributed by atoms with van der Waals surface area (Å²) in [4.78, 5) is 16.6. The first kappa shape index (κ1) is 13.4. The molecule has 0 amide bonds. The molecule has 0 radical (unpaired) electrons. The SMILES string of the molecule is CNCCCN(C)c1nc(C)ccc1[N+](=O)[O-]. The van der Waals surface area contributed by atoms with Gasteiger partial charge in [0.25, 0.3) is 0 Å². The second-order valence-corrected chi connectivity index (χ2v) is 3.93. The fourth-order valence-corrected chi connectivity index (χ4v) is 1.56. The van der Waals surface area contributed by atoms with Gasteiger partial charge in [-0.1, -0.05) is 0 Å². The topological polar surface area (TPSA) is 71.3 Å². The van der Waals surface area contributed by atoms with Gasteiger partial charge in [-0.15, -0.1) is 0 Å². The van der Waals surface area contributed by atoms with Gasteiger partial charge in [0.2, 0.25) is 5.82 Å². The molecule has 6 heteroatoms. The van der Waals surface area contributed by atoms with Crippen LogP contribution in [0, 0.1) is 17.0 Å². The maximum atomic E-state index is 10.9. The third-order valence-corrected chi connectivity index (χ3v) is 2.47. The lowest BCUT2D eigenvalue weighted by atomic mass is 10.3. The Morgan fingerprint density at radius 1 is 1.53 bits per heavy atom. The van der Waals surface area contributed by atoms with E-state index in [1.807, 2.05) is 25.9 Å². The smallest absolute Gasteiger partial charge is 0.311 e. The van der Waals surface area contributed by atoms with Crippen LogP contribution >= 0.6 is 0 Å². The number of aromatic nitrogens is 1. The molecule has 0 spiro atoms. The van der Waals surface area contributed by atoms with Gasteiger partial charge in [0.05, 0.1) is 4.92 Å². The Morgan fingerprint density at radius 2 is 2.24 bits per heavy atom. The summed E-state index contributed by atoms with van der Waals surface area (Å²) in [6, 6.07) is 3.16. The molecule has 0 saturated heterocycles. The van der Waals surface area contributed by atoms with Gasteiger partial charge < -0.3 is 10.2 Å². The number of hydrogen-bond donors (Lipinski definition) is 1. The van der Waals surface area contributed by atoms with Crippen molar-refractivity contribution in [1.82, 2.24) is 10.3 Å². The highest BCUT2D eigenvalue weighted by Gasteiger charge is 2.18. The number of aryl methyl sites for hydroxylation is 1. The van der Waals surface area contributed by atoms with Crippen LogP contribution in [-0.2, 0) is 0 Å². The van der Waals surface area contributed by atoms with E-state index in [0.717, 1.165) is 25.2 Å². The van der Waals surface area contributed by atoms with Crippen molar-refractivity contribution < 1.29 is 4.92 Å². The first-order valence-corrected chi connectivity index (χ1v) is 5.54. The highest BCUT2D eigenvalue weighted by molar-refractivity contribution is 5.57. The first-order chi connectivity index (χ1) is 8.06. The van der Waals surface area contributed by atoms with Gasteiger partial charge in [-0.25, -0.2) is 4.98 Å². The second kappa shape index (κ2) is 6.15. The predicted octanol–water partition coefficient (Wildman–Crippen LogP) is 1.34.